The van der Waals surface area contributed by atoms with E-state index in [2.05, 4.69) is 10.5 Å². The van der Waals surface area contributed by atoms with Crippen LogP contribution in [0.3, 0.4) is 0 Å². The smallest absolute Gasteiger partial charge is 0.332 e. The van der Waals surface area contributed by atoms with Crippen LogP contribution in [0.15, 0.2) is 53.6 Å². The number of urea groups is 1. The third kappa shape index (κ3) is 4.52. The predicted molar refractivity (Wildman–Crippen MR) is 84.1 cm³/mol. The summed E-state index contributed by atoms with van der Waals surface area (Å²) in [6.07, 6.45) is 1.47. The van der Waals surface area contributed by atoms with Crippen molar-refractivity contribution in [2.45, 2.75) is 6.61 Å². The average Bonchev–Trinajstić information content (AvgIpc) is 2.54. The van der Waals surface area contributed by atoms with E-state index < -0.39 is 6.03 Å². The number of primary amides is 1. The van der Waals surface area contributed by atoms with Gasteiger partial charge in [-0.15, -0.1) is 0 Å². The maximum atomic E-state index is 10.6. The molecule has 0 aliphatic heterocycles. The number of hydrazone groups is 1. The molecule has 0 atom stereocenters. The Morgan fingerprint density at radius 2 is 2.00 bits per heavy atom. The highest BCUT2D eigenvalue weighted by Gasteiger charge is 2.05. The van der Waals surface area contributed by atoms with Crippen molar-refractivity contribution < 1.29 is 14.3 Å². The number of hydrogen-bond donors (Lipinski definition) is 2. The van der Waals surface area contributed by atoms with Gasteiger partial charge in [-0.3, -0.25) is 0 Å². The summed E-state index contributed by atoms with van der Waals surface area (Å²) in [7, 11) is 1.58. The van der Waals surface area contributed by atoms with Crippen molar-refractivity contribution >= 4 is 12.2 Å². The summed E-state index contributed by atoms with van der Waals surface area (Å²) in [5.74, 6) is 1.21. The Morgan fingerprint density at radius 3 is 2.68 bits per heavy atom. The van der Waals surface area contributed by atoms with E-state index in [1.54, 1.807) is 25.3 Å². The number of carbonyl (C=O) groups excluding carboxylic acids is 1. The minimum absolute atomic E-state index is 0.428. The van der Waals surface area contributed by atoms with Crippen molar-refractivity contribution in [2.75, 3.05) is 7.11 Å². The molecule has 0 aromatic heterocycles. The van der Waals surface area contributed by atoms with E-state index in [0.29, 0.717) is 18.1 Å². The molecule has 114 valence electrons. The van der Waals surface area contributed by atoms with Gasteiger partial charge in [-0.1, -0.05) is 30.3 Å². The second-order valence-corrected chi connectivity index (χ2v) is 4.42. The van der Waals surface area contributed by atoms with Crippen LogP contribution < -0.4 is 20.6 Å². The lowest BCUT2D eigenvalue weighted by molar-refractivity contribution is 0.249. The summed E-state index contributed by atoms with van der Waals surface area (Å²) in [6.45, 7) is 0.428. The van der Waals surface area contributed by atoms with Crippen LogP contribution in [0.4, 0.5) is 4.79 Å². The monoisotopic (exact) mass is 299 g/mol. The largest absolute Gasteiger partial charge is 0.493 e. The van der Waals surface area contributed by atoms with Gasteiger partial charge in [-0.25, -0.2) is 10.2 Å². The van der Waals surface area contributed by atoms with Crippen LogP contribution in [0.1, 0.15) is 11.1 Å². The molecule has 0 aliphatic rings. The molecular formula is C16H17N3O3. The van der Waals surface area contributed by atoms with Crippen molar-refractivity contribution in [1.82, 2.24) is 5.43 Å². The van der Waals surface area contributed by atoms with Gasteiger partial charge in [-0.2, -0.15) is 5.10 Å². The number of rotatable bonds is 6. The molecule has 0 radical (unpaired) electrons. The zero-order valence-corrected chi connectivity index (χ0v) is 12.2. The first-order valence-corrected chi connectivity index (χ1v) is 6.62. The lowest BCUT2D eigenvalue weighted by Crippen LogP contribution is -2.24. The number of hydrogen-bond acceptors (Lipinski definition) is 4. The topological polar surface area (TPSA) is 85.9 Å². The molecule has 6 nitrogen and oxygen atoms in total. The quantitative estimate of drug-likeness (QED) is 0.633. The van der Waals surface area contributed by atoms with Crippen LogP contribution in [-0.2, 0) is 6.61 Å². The van der Waals surface area contributed by atoms with E-state index in [4.69, 9.17) is 15.2 Å². The molecule has 2 amide bonds. The summed E-state index contributed by atoms with van der Waals surface area (Å²) >= 11 is 0. The second-order valence-electron chi connectivity index (χ2n) is 4.42. The lowest BCUT2D eigenvalue weighted by atomic mass is 10.2. The van der Waals surface area contributed by atoms with E-state index in [-0.39, 0.29) is 0 Å². The van der Waals surface area contributed by atoms with Gasteiger partial charge < -0.3 is 15.2 Å². The van der Waals surface area contributed by atoms with Gasteiger partial charge in [0.05, 0.1) is 13.3 Å². The Hall–Kier alpha value is -3.02. The zero-order chi connectivity index (χ0) is 15.8. The summed E-state index contributed by atoms with van der Waals surface area (Å²) in [5.41, 5.74) is 8.87. The Kier molecular flexibility index (Phi) is 5.37. The predicted octanol–water partition coefficient (Wildman–Crippen LogP) is 2.28. The molecule has 0 unspecified atom stereocenters. The zero-order valence-electron chi connectivity index (χ0n) is 12.2. The number of nitrogens with one attached hydrogen (secondary N) is 1. The lowest BCUT2D eigenvalue weighted by Gasteiger charge is -2.11. The fourth-order valence-electron chi connectivity index (χ4n) is 1.79. The highest BCUT2D eigenvalue weighted by molar-refractivity contribution is 5.82. The summed E-state index contributed by atoms with van der Waals surface area (Å²) in [6, 6.07) is 14.4. The molecule has 0 saturated carbocycles. The SMILES string of the molecule is COc1ccc(/C=N\NC(N)=O)cc1OCc1ccccc1. The Balaban J connectivity index is 2.10. The van der Waals surface area contributed by atoms with Crippen LogP contribution in [-0.4, -0.2) is 19.4 Å². The molecule has 0 aliphatic carbocycles. The summed E-state index contributed by atoms with van der Waals surface area (Å²) < 4.78 is 11.1. The minimum Gasteiger partial charge on any atom is -0.493 e. The van der Waals surface area contributed by atoms with Crippen LogP contribution in [0.25, 0.3) is 0 Å². The van der Waals surface area contributed by atoms with Crippen LogP contribution in [0.2, 0.25) is 0 Å². The normalized spacial score (nSPS) is 10.4. The van der Waals surface area contributed by atoms with Gasteiger partial charge in [0.25, 0.3) is 0 Å². The van der Waals surface area contributed by atoms with Gasteiger partial charge in [0.1, 0.15) is 6.61 Å². The van der Waals surface area contributed by atoms with Crippen molar-refractivity contribution in [2.24, 2.45) is 10.8 Å². The molecule has 22 heavy (non-hydrogen) atoms. The number of nitrogens with two attached hydrogens (primary N) is 1. The molecule has 0 bridgehead atoms. The van der Waals surface area contributed by atoms with E-state index in [1.165, 1.54) is 6.21 Å². The third-order valence-electron chi connectivity index (χ3n) is 2.81. The van der Waals surface area contributed by atoms with E-state index >= 15 is 0 Å². The first kappa shape index (κ1) is 15.4. The summed E-state index contributed by atoms with van der Waals surface area (Å²) in [5, 5.41) is 3.71. The second kappa shape index (κ2) is 7.68. The first-order valence-electron chi connectivity index (χ1n) is 6.62. The average molecular weight is 299 g/mol. The Morgan fingerprint density at radius 1 is 1.23 bits per heavy atom. The highest BCUT2D eigenvalue weighted by Crippen LogP contribution is 2.28. The molecule has 3 N–H and O–H groups in total. The third-order valence-corrected chi connectivity index (χ3v) is 2.81. The number of amides is 2. The van der Waals surface area contributed by atoms with Crippen molar-refractivity contribution in [3.8, 4) is 11.5 Å². The van der Waals surface area contributed by atoms with Crippen LogP contribution >= 0.6 is 0 Å². The molecule has 2 rings (SSSR count). The maximum Gasteiger partial charge on any atom is 0.332 e. The maximum absolute atomic E-state index is 10.6. The fraction of sp³-hybridized carbons (Fsp3) is 0.125. The number of ether oxygens (including phenoxy) is 2. The van der Waals surface area contributed by atoms with Gasteiger partial charge in [0, 0.05) is 0 Å². The number of benzene rings is 2. The highest BCUT2D eigenvalue weighted by atomic mass is 16.5. The van der Waals surface area contributed by atoms with Crippen molar-refractivity contribution in [1.29, 1.82) is 0 Å². The first-order chi connectivity index (χ1) is 10.7. The Bertz CT molecular complexity index is 657. The Labute approximate surface area is 128 Å². The standard InChI is InChI=1S/C16H17N3O3/c1-21-14-8-7-13(10-18-19-16(17)20)9-15(14)22-11-12-5-3-2-4-6-12/h2-10H,11H2,1H3,(H3,17,19,20)/b18-10-. The minimum atomic E-state index is -0.717. The molecule has 0 saturated heterocycles. The summed E-state index contributed by atoms with van der Waals surface area (Å²) in [4.78, 5) is 10.6. The van der Waals surface area contributed by atoms with Crippen LogP contribution in [0.5, 0.6) is 11.5 Å². The number of methoxy groups -OCH3 is 1. The van der Waals surface area contributed by atoms with E-state index in [1.807, 2.05) is 30.3 Å². The molecule has 0 heterocycles. The van der Waals surface area contributed by atoms with Gasteiger partial charge in [-0.05, 0) is 29.3 Å². The van der Waals surface area contributed by atoms with Gasteiger partial charge in [0.2, 0.25) is 0 Å². The molecule has 0 spiro atoms. The fourth-order valence-corrected chi connectivity index (χ4v) is 1.79. The molecule has 2 aromatic carbocycles. The molecule has 2 aromatic rings. The van der Waals surface area contributed by atoms with Crippen molar-refractivity contribution in [3.05, 3.63) is 59.7 Å². The number of carbonyl (C=O) groups is 1. The molecular weight excluding hydrogens is 282 g/mol. The van der Waals surface area contributed by atoms with Gasteiger partial charge in [0.15, 0.2) is 11.5 Å². The van der Waals surface area contributed by atoms with Crippen LogP contribution in [0, 0.1) is 0 Å². The van der Waals surface area contributed by atoms with E-state index in [9.17, 15) is 4.79 Å². The van der Waals surface area contributed by atoms with Gasteiger partial charge >= 0.3 is 6.03 Å². The molecule has 0 fully saturated rings. The number of nitrogens with zero attached hydrogens (tertiary/aromatic N) is 1. The van der Waals surface area contributed by atoms with E-state index in [0.717, 1.165) is 11.1 Å². The molecule has 6 heteroatoms. The van der Waals surface area contributed by atoms with Crippen molar-refractivity contribution in [3.63, 3.8) is 0 Å².